The van der Waals surface area contributed by atoms with Crippen molar-refractivity contribution in [3.63, 3.8) is 0 Å². The van der Waals surface area contributed by atoms with Crippen LogP contribution in [0.5, 0.6) is 0 Å². The summed E-state index contributed by atoms with van der Waals surface area (Å²) in [6, 6.07) is -0.366. The molecule has 2 rings (SSSR count). The summed E-state index contributed by atoms with van der Waals surface area (Å²) in [5.74, 6) is -0.201. The van der Waals surface area contributed by atoms with Gasteiger partial charge in [-0.05, 0) is 25.2 Å². The van der Waals surface area contributed by atoms with Crippen LogP contribution in [0.2, 0.25) is 0 Å². The Hall–Kier alpha value is -0.610. The summed E-state index contributed by atoms with van der Waals surface area (Å²) in [5, 5.41) is 9.12. The molecule has 2 aliphatic rings. The number of rotatable bonds is 4. The number of aliphatic carboxylic acids is 1. The number of hydrogen-bond donors (Lipinski definition) is 1. The average Bonchev–Trinajstić information content (AvgIpc) is 2.88. The van der Waals surface area contributed by atoms with Crippen molar-refractivity contribution < 1.29 is 14.6 Å². The molecule has 1 saturated carbocycles. The van der Waals surface area contributed by atoms with Gasteiger partial charge in [0.15, 0.2) is 0 Å². The maximum absolute atomic E-state index is 11.1. The minimum Gasteiger partial charge on any atom is -0.480 e. The quantitative estimate of drug-likeness (QED) is 0.812. The highest BCUT2D eigenvalue weighted by Crippen LogP contribution is 2.49. The lowest BCUT2D eigenvalue weighted by molar-refractivity contribution is -0.142. The van der Waals surface area contributed by atoms with Gasteiger partial charge in [0.1, 0.15) is 6.04 Å². The zero-order valence-corrected chi connectivity index (χ0v) is 10.8. The molecular formula is C13H23NO3. The molecule has 1 saturated heterocycles. The van der Waals surface area contributed by atoms with E-state index in [1.165, 1.54) is 25.7 Å². The van der Waals surface area contributed by atoms with E-state index >= 15 is 0 Å². The van der Waals surface area contributed by atoms with Crippen LogP contribution >= 0.6 is 0 Å². The van der Waals surface area contributed by atoms with Crippen molar-refractivity contribution in [3.8, 4) is 0 Å². The Balaban J connectivity index is 2.09. The largest absolute Gasteiger partial charge is 0.480 e. The minimum absolute atomic E-state index is 0.333. The van der Waals surface area contributed by atoms with Gasteiger partial charge in [-0.25, -0.2) is 0 Å². The van der Waals surface area contributed by atoms with E-state index in [2.05, 4.69) is 4.90 Å². The fourth-order valence-corrected chi connectivity index (χ4v) is 3.60. The number of methoxy groups -OCH3 is 1. The molecule has 0 aromatic heterocycles. The Labute approximate surface area is 103 Å². The van der Waals surface area contributed by atoms with Gasteiger partial charge in [0.2, 0.25) is 0 Å². The summed E-state index contributed by atoms with van der Waals surface area (Å²) in [7, 11) is 1.74. The van der Waals surface area contributed by atoms with Gasteiger partial charge in [0.25, 0.3) is 0 Å². The second kappa shape index (κ2) is 4.94. The highest BCUT2D eigenvalue weighted by molar-refractivity contribution is 5.72. The molecule has 1 spiro atoms. The van der Waals surface area contributed by atoms with E-state index in [1.54, 1.807) is 14.0 Å². The van der Waals surface area contributed by atoms with Crippen molar-refractivity contribution in [2.45, 2.75) is 38.6 Å². The van der Waals surface area contributed by atoms with Crippen molar-refractivity contribution in [1.82, 2.24) is 4.90 Å². The zero-order chi connectivity index (χ0) is 12.5. The molecule has 98 valence electrons. The molecular weight excluding hydrogens is 218 g/mol. The van der Waals surface area contributed by atoms with Crippen LogP contribution in [0.25, 0.3) is 0 Å². The predicted octanol–water partition coefficient (Wildman–Crippen LogP) is 1.60. The fourth-order valence-electron chi connectivity index (χ4n) is 3.60. The van der Waals surface area contributed by atoms with Crippen LogP contribution in [0.4, 0.5) is 0 Å². The van der Waals surface area contributed by atoms with E-state index in [4.69, 9.17) is 9.84 Å². The summed E-state index contributed by atoms with van der Waals surface area (Å²) >= 11 is 0. The highest BCUT2D eigenvalue weighted by atomic mass is 16.5. The number of carbonyl (C=O) groups is 1. The molecule has 4 heteroatoms. The van der Waals surface area contributed by atoms with Crippen LogP contribution < -0.4 is 0 Å². The molecule has 1 heterocycles. The fraction of sp³-hybridized carbons (Fsp3) is 0.923. The first-order chi connectivity index (χ1) is 8.09. The van der Waals surface area contributed by atoms with E-state index in [0.717, 1.165) is 19.7 Å². The van der Waals surface area contributed by atoms with Gasteiger partial charge in [-0.15, -0.1) is 0 Å². The summed E-state index contributed by atoms with van der Waals surface area (Å²) in [4.78, 5) is 13.2. The van der Waals surface area contributed by atoms with E-state index in [0.29, 0.717) is 11.3 Å². The van der Waals surface area contributed by atoms with Crippen LogP contribution in [0.3, 0.4) is 0 Å². The van der Waals surface area contributed by atoms with Crippen LogP contribution in [-0.4, -0.2) is 48.8 Å². The summed E-state index contributed by atoms with van der Waals surface area (Å²) < 4.78 is 5.33. The first kappa shape index (κ1) is 12.8. The lowest BCUT2D eigenvalue weighted by Crippen LogP contribution is -2.38. The third kappa shape index (κ3) is 2.33. The van der Waals surface area contributed by atoms with Gasteiger partial charge in [-0.1, -0.05) is 12.8 Å². The summed E-state index contributed by atoms with van der Waals surface area (Å²) in [6.45, 7) is 4.37. The van der Waals surface area contributed by atoms with Crippen molar-refractivity contribution in [3.05, 3.63) is 0 Å². The maximum atomic E-state index is 11.1. The number of nitrogens with zero attached hydrogens (tertiary/aromatic N) is 1. The van der Waals surface area contributed by atoms with Crippen LogP contribution in [0.1, 0.15) is 32.6 Å². The third-order valence-electron chi connectivity index (χ3n) is 4.71. The number of ether oxygens (including phenoxy) is 1. The molecule has 0 amide bonds. The Morgan fingerprint density at radius 2 is 2.18 bits per heavy atom. The molecule has 1 aliphatic heterocycles. The van der Waals surface area contributed by atoms with Crippen molar-refractivity contribution in [1.29, 1.82) is 0 Å². The molecule has 0 bridgehead atoms. The topological polar surface area (TPSA) is 49.8 Å². The van der Waals surface area contributed by atoms with Gasteiger partial charge in [-0.2, -0.15) is 0 Å². The first-order valence-electron chi connectivity index (χ1n) is 6.55. The molecule has 0 aromatic carbocycles. The molecule has 0 aromatic rings. The number of carboxylic acids is 1. The number of likely N-dealkylation sites (tertiary alicyclic amines) is 1. The van der Waals surface area contributed by atoms with Crippen molar-refractivity contribution in [2.75, 3.05) is 26.8 Å². The monoisotopic (exact) mass is 241 g/mol. The van der Waals surface area contributed by atoms with Gasteiger partial charge in [0, 0.05) is 26.1 Å². The van der Waals surface area contributed by atoms with Gasteiger partial charge in [-0.3, -0.25) is 9.69 Å². The summed E-state index contributed by atoms with van der Waals surface area (Å²) in [5.41, 5.74) is 0.333. The second-order valence-corrected chi connectivity index (χ2v) is 5.67. The van der Waals surface area contributed by atoms with Crippen molar-refractivity contribution >= 4 is 5.97 Å². The molecule has 2 fully saturated rings. The summed E-state index contributed by atoms with van der Waals surface area (Å²) in [6.07, 6.45) is 5.05. The maximum Gasteiger partial charge on any atom is 0.320 e. The predicted molar refractivity (Wildman–Crippen MR) is 64.9 cm³/mol. The molecule has 0 radical (unpaired) electrons. The average molecular weight is 241 g/mol. The smallest absolute Gasteiger partial charge is 0.320 e. The SMILES string of the molecule is COCC1CN(C(C)C(=O)O)CC12CCCC2. The van der Waals surface area contributed by atoms with E-state index in [1.807, 2.05) is 0 Å². The Kier molecular flexibility index (Phi) is 3.73. The zero-order valence-electron chi connectivity index (χ0n) is 10.8. The Morgan fingerprint density at radius 1 is 1.53 bits per heavy atom. The minimum atomic E-state index is -0.712. The van der Waals surface area contributed by atoms with Gasteiger partial charge >= 0.3 is 5.97 Å². The Bertz CT molecular complexity index is 286. The van der Waals surface area contributed by atoms with Crippen LogP contribution in [0.15, 0.2) is 0 Å². The van der Waals surface area contributed by atoms with E-state index < -0.39 is 5.97 Å². The number of hydrogen-bond acceptors (Lipinski definition) is 3. The highest BCUT2D eigenvalue weighted by Gasteiger charge is 2.49. The van der Waals surface area contributed by atoms with Crippen LogP contribution in [0, 0.1) is 11.3 Å². The Morgan fingerprint density at radius 3 is 2.71 bits per heavy atom. The van der Waals surface area contributed by atoms with E-state index in [-0.39, 0.29) is 6.04 Å². The molecule has 2 atom stereocenters. The molecule has 4 nitrogen and oxygen atoms in total. The lowest BCUT2D eigenvalue weighted by Gasteiger charge is -2.29. The van der Waals surface area contributed by atoms with Gasteiger partial charge < -0.3 is 9.84 Å². The van der Waals surface area contributed by atoms with Gasteiger partial charge in [0.05, 0.1) is 6.61 Å². The second-order valence-electron chi connectivity index (χ2n) is 5.67. The molecule has 1 aliphatic carbocycles. The normalized spacial score (nSPS) is 29.9. The molecule has 1 N–H and O–H groups in total. The molecule has 17 heavy (non-hydrogen) atoms. The first-order valence-corrected chi connectivity index (χ1v) is 6.55. The number of carboxylic acid groups (broad SMARTS) is 1. The standard InChI is InChI=1S/C13H23NO3/c1-10(12(15)16)14-7-11(8-17-2)13(9-14)5-3-4-6-13/h10-11H,3-9H2,1-2H3,(H,15,16). The van der Waals surface area contributed by atoms with Crippen molar-refractivity contribution in [2.24, 2.45) is 11.3 Å². The van der Waals surface area contributed by atoms with E-state index in [9.17, 15) is 4.79 Å². The van der Waals surface area contributed by atoms with Crippen LogP contribution in [-0.2, 0) is 9.53 Å². The third-order valence-corrected chi connectivity index (χ3v) is 4.71. The molecule has 2 unspecified atom stereocenters. The lowest BCUT2D eigenvalue weighted by atomic mass is 9.77.